The average molecular weight is 560 g/mol. The maximum absolute atomic E-state index is 14.8. The molecule has 1 aromatic rings. The van der Waals surface area contributed by atoms with Crippen molar-refractivity contribution >= 4 is 11.6 Å². The first-order chi connectivity index (χ1) is 19.1. The van der Waals surface area contributed by atoms with E-state index in [0.717, 1.165) is 56.4 Å². The summed E-state index contributed by atoms with van der Waals surface area (Å²) >= 11 is 0. The third-order valence-electron chi connectivity index (χ3n) is 14.3. The Hall–Kier alpha value is -2.33. The molecule has 1 saturated heterocycles. The molecule has 6 aliphatic rings. The topological polar surface area (TPSA) is 109 Å². The van der Waals surface area contributed by atoms with Crippen molar-refractivity contribution in [2.75, 3.05) is 0 Å². The number of nitrogens with zero attached hydrogens (tertiary/aromatic N) is 3. The molecule has 5 aliphatic carbocycles. The lowest BCUT2D eigenvalue weighted by molar-refractivity contribution is -0.164. The van der Waals surface area contributed by atoms with E-state index in [9.17, 15) is 14.9 Å². The van der Waals surface area contributed by atoms with Crippen LogP contribution in [0.4, 0.5) is 0 Å². The summed E-state index contributed by atoms with van der Waals surface area (Å²) in [6, 6.07) is 2.38. The van der Waals surface area contributed by atoms with Crippen LogP contribution in [0.1, 0.15) is 112 Å². The lowest BCUT2D eigenvalue weighted by Crippen LogP contribution is -2.69. The number of epoxide rings is 1. The van der Waals surface area contributed by atoms with Gasteiger partial charge in [0.1, 0.15) is 11.5 Å². The van der Waals surface area contributed by atoms with E-state index in [1.807, 2.05) is 19.9 Å². The zero-order chi connectivity index (χ0) is 29.6. The van der Waals surface area contributed by atoms with Crippen LogP contribution >= 0.6 is 0 Å². The zero-order valence-electron chi connectivity index (χ0n) is 26.0. The molecule has 2 heterocycles. The Morgan fingerprint density at radius 1 is 1.02 bits per heavy atom. The van der Waals surface area contributed by atoms with E-state index >= 15 is 0 Å². The van der Waals surface area contributed by atoms with E-state index in [-0.39, 0.29) is 51.0 Å². The van der Waals surface area contributed by atoms with Gasteiger partial charge in [-0.25, -0.2) is 0 Å². The van der Waals surface area contributed by atoms with Crippen molar-refractivity contribution in [2.45, 2.75) is 123 Å². The molecule has 7 nitrogen and oxygen atoms in total. The molecule has 7 rings (SSSR count). The molecular weight excluding hydrogens is 514 g/mol. The molecule has 0 radical (unpaired) electrons. The van der Waals surface area contributed by atoms with Gasteiger partial charge < -0.3 is 9.26 Å². The van der Waals surface area contributed by atoms with Gasteiger partial charge in [0.2, 0.25) is 5.89 Å². The van der Waals surface area contributed by atoms with E-state index in [1.165, 1.54) is 0 Å². The molecule has 0 bridgehead atoms. The lowest BCUT2D eigenvalue weighted by atomic mass is 9.33. The molecule has 5 fully saturated rings. The van der Waals surface area contributed by atoms with Crippen molar-refractivity contribution in [3.8, 4) is 6.07 Å². The molecule has 0 amide bonds. The standard InChI is InChI=1S/C34H45N3O4/c1-9-21-20(18-35)26(39)32(8)34(41-32)15-12-29(5)24(31(21,34)7)16-23(38)25-22-17-28(3,4)10-13-33(22,14-11-30(25,29)6)27-36-19(2)37-40-27/h16,20-22,25H,9-15,17H2,1-8H3/t20-,21-,22-,25-,29+,30+,31+,32+,33-,34-/m0/s1. The molecule has 1 aromatic heterocycles. The first-order valence-electron chi connectivity index (χ1n) is 15.8. The van der Waals surface area contributed by atoms with Crippen molar-refractivity contribution < 1.29 is 18.8 Å². The number of hydrogen-bond donors (Lipinski definition) is 0. The number of carbonyl (C=O) groups is 2. The number of hydrogen-bond acceptors (Lipinski definition) is 7. The van der Waals surface area contributed by atoms with Gasteiger partial charge >= 0.3 is 0 Å². The fourth-order valence-corrected chi connectivity index (χ4v) is 11.8. The summed E-state index contributed by atoms with van der Waals surface area (Å²) < 4.78 is 12.5. The Labute approximate surface area is 243 Å². The summed E-state index contributed by atoms with van der Waals surface area (Å²) in [5, 5.41) is 14.4. The van der Waals surface area contributed by atoms with Crippen LogP contribution in [-0.4, -0.2) is 32.9 Å². The first kappa shape index (κ1) is 27.5. The highest BCUT2D eigenvalue weighted by molar-refractivity contribution is 5.99. The van der Waals surface area contributed by atoms with E-state index in [4.69, 9.17) is 14.2 Å². The third kappa shape index (κ3) is 2.85. The van der Waals surface area contributed by atoms with Crippen LogP contribution in [0.25, 0.3) is 0 Å². The molecule has 7 heteroatoms. The minimum absolute atomic E-state index is 0.0681. The molecule has 220 valence electrons. The summed E-state index contributed by atoms with van der Waals surface area (Å²) in [5.41, 5.74) is -1.73. The average Bonchev–Trinajstić information content (AvgIpc) is 3.32. The van der Waals surface area contributed by atoms with Crippen LogP contribution in [0.5, 0.6) is 0 Å². The molecule has 4 saturated carbocycles. The minimum Gasteiger partial charge on any atom is -0.353 e. The van der Waals surface area contributed by atoms with Gasteiger partial charge in [-0.3, -0.25) is 9.59 Å². The summed E-state index contributed by atoms with van der Waals surface area (Å²) in [7, 11) is 0. The number of allylic oxidation sites excluding steroid dienone is 1. The Bertz CT molecular complexity index is 1450. The van der Waals surface area contributed by atoms with Crippen LogP contribution in [0.2, 0.25) is 0 Å². The predicted molar refractivity (Wildman–Crippen MR) is 151 cm³/mol. The van der Waals surface area contributed by atoms with E-state index < -0.39 is 22.5 Å². The summed E-state index contributed by atoms with van der Waals surface area (Å²) in [6.07, 6.45) is 9.11. The van der Waals surface area contributed by atoms with Gasteiger partial charge in [-0.05, 0) is 93.0 Å². The maximum atomic E-state index is 14.8. The van der Waals surface area contributed by atoms with Gasteiger partial charge in [0.05, 0.1) is 11.5 Å². The quantitative estimate of drug-likeness (QED) is 0.383. The number of aryl methyl sites for hydroxylation is 1. The van der Waals surface area contributed by atoms with E-state index in [2.05, 4.69) is 52.8 Å². The predicted octanol–water partition coefficient (Wildman–Crippen LogP) is 6.45. The summed E-state index contributed by atoms with van der Waals surface area (Å²) in [6.45, 7) is 17.5. The SMILES string of the molecule is CC[C@H]1[C@H](C#N)C(=O)[C@@]2(C)O[C@]23CC[C@]2(C)C(=CC(=O)[C@@H]4[C@@H]5CC(C)(C)CC[C@]5(c5nc(C)no5)CC[C@]42C)[C@@]13C. The first-order valence-corrected chi connectivity index (χ1v) is 15.8. The Balaban J connectivity index is 1.41. The number of Topliss-reactive ketones (excluding diaryl/α,β-unsaturated/α-hetero) is 1. The second-order valence-electron chi connectivity index (χ2n) is 16.1. The van der Waals surface area contributed by atoms with E-state index in [1.54, 1.807) is 0 Å². The van der Waals surface area contributed by atoms with Crippen LogP contribution in [-0.2, 0) is 19.7 Å². The molecule has 0 aromatic carbocycles. The normalized spacial score (nSPS) is 51.2. The zero-order valence-corrected chi connectivity index (χ0v) is 26.0. The Kier molecular flexibility index (Phi) is 5.22. The van der Waals surface area contributed by atoms with Crippen molar-refractivity contribution in [3.05, 3.63) is 23.4 Å². The Morgan fingerprint density at radius 2 is 1.73 bits per heavy atom. The van der Waals surface area contributed by atoms with Crippen molar-refractivity contribution in [1.29, 1.82) is 5.26 Å². The molecule has 0 unspecified atom stereocenters. The third-order valence-corrected chi connectivity index (χ3v) is 14.3. The largest absolute Gasteiger partial charge is 0.353 e. The number of fused-ring (bicyclic) bond motifs is 6. The van der Waals surface area contributed by atoms with Crippen molar-refractivity contribution in [3.63, 3.8) is 0 Å². The summed E-state index contributed by atoms with van der Waals surface area (Å²) in [4.78, 5) is 33.2. The smallest absolute Gasteiger partial charge is 0.233 e. The number of ether oxygens (including phenoxy) is 1. The highest BCUT2D eigenvalue weighted by Crippen LogP contribution is 2.81. The van der Waals surface area contributed by atoms with Crippen molar-refractivity contribution in [1.82, 2.24) is 10.1 Å². The van der Waals surface area contributed by atoms with Gasteiger partial charge in [0, 0.05) is 11.3 Å². The highest BCUT2D eigenvalue weighted by Gasteiger charge is 2.87. The molecule has 41 heavy (non-hydrogen) atoms. The number of ketones is 2. The molecule has 10 atom stereocenters. The highest BCUT2D eigenvalue weighted by atomic mass is 16.6. The number of aromatic nitrogens is 2. The van der Waals surface area contributed by atoms with Gasteiger partial charge in [-0.1, -0.05) is 58.7 Å². The van der Waals surface area contributed by atoms with Crippen molar-refractivity contribution in [2.24, 2.45) is 45.3 Å². The van der Waals surface area contributed by atoms with Gasteiger partial charge in [-0.2, -0.15) is 10.2 Å². The monoisotopic (exact) mass is 559 g/mol. The number of nitriles is 1. The van der Waals surface area contributed by atoms with Gasteiger partial charge in [0.25, 0.3) is 0 Å². The van der Waals surface area contributed by atoms with Gasteiger partial charge in [-0.15, -0.1) is 0 Å². The van der Waals surface area contributed by atoms with E-state index in [0.29, 0.717) is 12.2 Å². The van der Waals surface area contributed by atoms with Crippen LogP contribution in [0, 0.1) is 63.6 Å². The fourth-order valence-electron chi connectivity index (χ4n) is 11.8. The van der Waals surface area contributed by atoms with Crippen LogP contribution in [0.3, 0.4) is 0 Å². The fraction of sp³-hybridized carbons (Fsp3) is 0.794. The maximum Gasteiger partial charge on any atom is 0.233 e. The van der Waals surface area contributed by atoms with Gasteiger partial charge in [0.15, 0.2) is 23.0 Å². The lowest BCUT2D eigenvalue weighted by Gasteiger charge is -2.69. The second-order valence-corrected chi connectivity index (χ2v) is 16.1. The molecule has 1 spiro atoms. The molecule has 1 aliphatic heterocycles. The second kappa shape index (κ2) is 7.78. The van der Waals surface area contributed by atoms with Crippen LogP contribution in [0.15, 0.2) is 16.2 Å². The number of carbonyl (C=O) groups excluding carboxylic acids is 2. The Morgan fingerprint density at radius 3 is 2.37 bits per heavy atom. The summed E-state index contributed by atoms with van der Waals surface area (Å²) in [5.74, 6) is 0.539. The molecular formula is C34H45N3O4. The number of rotatable bonds is 2. The van der Waals surface area contributed by atoms with Crippen LogP contribution < -0.4 is 0 Å². The minimum atomic E-state index is -0.957. The molecule has 0 N–H and O–H groups in total.